The van der Waals surface area contributed by atoms with Gasteiger partial charge in [0, 0.05) is 30.8 Å². The average molecular weight is 277 g/mol. The van der Waals surface area contributed by atoms with Crippen LogP contribution in [0, 0.1) is 5.82 Å². The fourth-order valence-corrected chi connectivity index (χ4v) is 2.00. The summed E-state index contributed by atoms with van der Waals surface area (Å²) >= 11 is 0. The Balaban J connectivity index is 1.99. The number of nitrogens with zero attached hydrogens (tertiary/aromatic N) is 2. The lowest BCUT2D eigenvalue weighted by Gasteiger charge is -2.06. The molecule has 4 nitrogen and oxygen atoms in total. The Kier molecular flexibility index (Phi) is 5.12. The van der Waals surface area contributed by atoms with Crippen molar-refractivity contribution in [2.75, 3.05) is 20.2 Å². The van der Waals surface area contributed by atoms with Crippen molar-refractivity contribution in [3.63, 3.8) is 0 Å². The smallest absolute Gasteiger partial charge is 0.131 e. The number of nitrogens with one attached hydrogen (secondary N) is 1. The molecule has 1 aromatic heterocycles. The molecule has 0 spiro atoms. The second-order valence-corrected chi connectivity index (χ2v) is 4.60. The summed E-state index contributed by atoms with van der Waals surface area (Å²) in [6, 6.07) is 4.91. The minimum Gasteiger partial charge on any atom is -0.497 e. The van der Waals surface area contributed by atoms with E-state index in [1.807, 2.05) is 10.8 Å². The van der Waals surface area contributed by atoms with Gasteiger partial charge in [-0.2, -0.15) is 0 Å². The summed E-state index contributed by atoms with van der Waals surface area (Å²) in [5, 5.41) is 3.25. The second-order valence-electron chi connectivity index (χ2n) is 4.60. The van der Waals surface area contributed by atoms with E-state index in [-0.39, 0.29) is 5.82 Å². The molecule has 2 aromatic rings. The molecule has 1 N–H and O–H groups in total. The van der Waals surface area contributed by atoms with Gasteiger partial charge in [-0.05, 0) is 12.6 Å². The quantitative estimate of drug-likeness (QED) is 0.789. The summed E-state index contributed by atoms with van der Waals surface area (Å²) in [5.41, 5.74) is 1.64. The highest BCUT2D eigenvalue weighted by molar-refractivity contribution is 5.29. The Bertz CT molecular complexity index is 554. The van der Waals surface area contributed by atoms with E-state index in [2.05, 4.69) is 17.2 Å². The predicted octanol–water partition coefficient (Wildman–Crippen LogP) is 2.23. The van der Waals surface area contributed by atoms with E-state index in [1.54, 1.807) is 18.5 Å². The van der Waals surface area contributed by atoms with E-state index >= 15 is 0 Å². The van der Waals surface area contributed by atoms with Crippen LogP contribution in [-0.4, -0.2) is 29.8 Å². The fraction of sp³-hybridized carbons (Fsp3) is 0.400. The van der Waals surface area contributed by atoms with Gasteiger partial charge in [-0.15, -0.1) is 0 Å². The number of methoxy groups -OCH3 is 1. The molecule has 0 saturated heterocycles. The van der Waals surface area contributed by atoms with E-state index in [1.165, 1.54) is 13.2 Å². The molecule has 0 atom stereocenters. The first-order valence-electron chi connectivity index (χ1n) is 6.76. The van der Waals surface area contributed by atoms with Crippen LogP contribution in [0.15, 0.2) is 30.7 Å². The van der Waals surface area contributed by atoms with Crippen molar-refractivity contribution in [3.8, 4) is 5.75 Å². The molecule has 108 valence electrons. The summed E-state index contributed by atoms with van der Waals surface area (Å²) in [5.74, 6) is 0.274. The summed E-state index contributed by atoms with van der Waals surface area (Å²) < 4.78 is 20.7. The number of aromatic nitrogens is 2. The fourth-order valence-electron chi connectivity index (χ4n) is 2.00. The van der Waals surface area contributed by atoms with Crippen LogP contribution in [0.2, 0.25) is 0 Å². The maximum Gasteiger partial charge on any atom is 0.131 e. The van der Waals surface area contributed by atoms with Crippen molar-refractivity contribution in [2.24, 2.45) is 0 Å². The monoisotopic (exact) mass is 277 g/mol. The number of benzene rings is 1. The topological polar surface area (TPSA) is 39.1 Å². The first kappa shape index (κ1) is 14.5. The Labute approximate surface area is 118 Å². The standard InChI is InChI=1S/C15H20FN3O/c1-3-17-7-6-13-10-19(11-18-13)9-12-4-5-14(20-2)8-15(12)16/h4-5,8,10-11,17H,3,6-7,9H2,1-2H3. The van der Waals surface area contributed by atoms with Crippen LogP contribution in [0.1, 0.15) is 18.2 Å². The van der Waals surface area contributed by atoms with Crippen molar-refractivity contribution >= 4 is 0 Å². The highest BCUT2D eigenvalue weighted by atomic mass is 19.1. The van der Waals surface area contributed by atoms with Crippen LogP contribution in [-0.2, 0) is 13.0 Å². The number of imidazole rings is 1. The molecule has 0 aliphatic heterocycles. The second kappa shape index (κ2) is 7.05. The van der Waals surface area contributed by atoms with Crippen LogP contribution in [0.25, 0.3) is 0 Å². The zero-order chi connectivity index (χ0) is 14.4. The zero-order valence-corrected chi connectivity index (χ0v) is 11.9. The molecule has 0 aliphatic rings. The van der Waals surface area contributed by atoms with Gasteiger partial charge in [0.15, 0.2) is 0 Å². The number of ether oxygens (including phenoxy) is 1. The van der Waals surface area contributed by atoms with Crippen molar-refractivity contribution in [2.45, 2.75) is 19.9 Å². The zero-order valence-electron chi connectivity index (χ0n) is 11.9. The molecule has 2 rings (SSSR count). The minimum atomic E-state index is -0.257. The first-order valence-corrected chi connectivity index (χ1v) is 6.76. The third-order valence-electron chi connectivity index (χ3n) is 3.11. The van der Waals surface area contributed by atoms with Gasteiger partial charge in [0.25, 0.3) is 0 Å². The summed E-state index contributed by atoms with van der Waals surface area (Å²) in [6.07, 6.45) is 4.58. The molecule has 0 unspecified atom stereocenters. The van der Waals surface area contributed by atoms with Crippen LogP contribution < -0.4 is 10.1 Å². The van der Waals surface area contributed by atoms with Gasteiger partial charge >= 0.3 is 0 Å². The first-order chi connectivity index (χ1) is 9.72. The summed E-state index contributed by atoms with van der Waals surface area (Å²) in [4.78, 5) is 4.32. The largest absolute Gasteiger partial charge is 0.497 e. The molecule has 0 radical (unpaired) electrons. The summed E-state index contributed by atoms with van der Waals surface area (Å²) in [6.45, 7) is 4.41. The molecule has 0 amide bonds. The van der Waals surface area contributed by atoms with E-state index in [0.29, 0.717) is 17.9 Å². The van der Waals surface area contributed by atoms with Crippen LogP contribution in [0.3, 0.4) is 0 Å². The van der Waals surface area contributed by atoms with Gasteiger partial charge in [-0.25, -0.2) is 9.37 Å². The number of likely N-dealkylation sites (N-methyl/N-ethyl adjacent to an activating group) is 1. The van der Waals surface area contributed by atoms with Crippen LogP contribution in [0.4, 0.5) is 4.39 Å². The molecule has 0 saturated carbocycles. The van der Waals surface area contributed by atoms with Gasteiger partial charge in [0.2, 0.25) is 0 Å². The third-order valence-corrected chi connectivity index (χ3v) is 3.11. The Hall–Kier alpha value is -1.88. The van der Waals surface area contributed by atoms with Gasteiger partial charge in [-0.1, -0.05) is 13.0 Å². The van der Waals surface area contributed by atoms with Crippen molar-refractivity contribution in [3.05, 3.63) is 47.8 Å². The highest BCUT2D eigenvalue weighted by Gasteiger charge is 2.06. The van der Waals surface area contributed by atoms with E-state index in [0.717, 1.165) is 25.2 Å². The molecule has 1 aromatic carbocycles. The highest BCUT2D eigenvalue weighted by Crippen LogP contribution is 2.17. The Morgan fingerprint density at radius 3 is 2.95 bits per heavy atom. The molecule has 5 heteroatoms. The number of hydrogen-bond donors (Lipinski definition) is 1. The van der Waals surface area contributed by atoms with Gasteiger partial charge in [0.05, 0.1) is 25.7 Å². The normalized spacial score (nSPS) is 10.8. The summed E-state index contributed by atoms with van der Waals surface area (Å²) in [7, 11) is 1.53. The molecule has 1 heterocycles. The molecule has 0 bridgehead atoms. The number of rotatable bonds is 7. The molecular formula is C15H20FN3O. The van der Waals surface area contributed by atoms with E-state index in [4.69, 9.17) is 4.74 Å². The minimum absolute atomic E-state index is 0.257. The van der Waals surface area contributed by atoms with Crippen molar-refractivity contribution in [1.82, 2.24) is 14.9 Å². The van der Waals surface area contributed by atoms with Crippen molar-refractivity contribution < 1.29 is 9.13 Å². The van der Waals surface area contributed by atoms with Crippen LogP contribution >= 0.6 is 0 Å². The lowest BCUT2D eigenvalue weighted by atomic mass is 10.2. The Morgan fingerprint density at radius 1 is 1.40 bits per heavy atom. The third kappa shape index (κ3) is 3.81. The molecular weight excluding hydrogens is 257 g/mol. The molecule has 0 fully saturated rings. The predicted molar refractivity (Wildman–Crippen MR) is 76.5 cm³/mol. The maximum absolute atomic E-state index is 13.9. The van der Waals surface area contributed by atoms with E-state index in [9.17, 15) is 4.39 Å². The van der Waals surface area contributed by atoms with Crippen molar-refractivity contribution in [1.29, 1.82) is 0 Å². The molecule has 0 aliphatic carbocycles. The number of halogens is 1. The van der Waals surface area contributed by atoms with E-state index < -0.39 is 0 Å². The lowest BCUT2D eigenvalue weighted by molar-refractivity contribution is 0.410. The average Bonchev–Trinajstić information content (AvgIpc) is 2.89. The van der Waals surface area contributed by atoms with Crippen LogP contribution in [0.5, 0.6) is 5.75 Å². The van der Waals surface area contributed by atoms with Gasteiger partial charge < -0.3 is 14.6 Å². The Morgan fingerprint density at radius 2 is 2.25 bits per heavy atom. The van der Waals surface area contributed by atoms with Gasteiger partial charge in [0.1, 0.15) is 11.6 Å². The molecule has 20 heavy (non-hydrogen) atoms. The lowest BCUT2D eigenvalue weighted by Crippen LogP contribution is -2.16. The van der Waals surface area contributed by atoms with Gasteiger partial charge in [-0.3, -0.25) is 0 Å². The SMILES string of the molecule is CCNCCc1cn(Cc2ccc(OC)cc2F)cn1. The number of hydrogen-bond acceptors (Lipinski definition) is 3. The maximum atomic E-state index is 13.9.